The average Bonchev–Trinajstić information content (AvgIpc) is 2.42. The highest BCUT2D eigenvalue weighted by Gasteiger charge is 2.16. The SMILES string of the molecule is CN(C)CCN(CC(=O)O)C(=O)CCc1ccc(F)cc1. The first-order chi connectivity index (χ1) is 9.88. The van der Waals surface area contributed by atoms with Crippen molar-refractivity contribution < 1.29 is 19.1 Å². The van der Waals surface area contributed by atoms with Crippen LogP contribution < -0.4 is 0 Å². The van der Waals surface area contributed by atoms with Gasteiger partial charge in [0, 0.05) is 19.5 Å². The smallest absolute Gasteiger partial charge is 0.323 e. The van der Waals surface area contributed by atoms with Crippen LogP contribution in [0.25, 0.3) is 0 Å². The molecule has 1 amide bonds. The van der Waals surface area contributed by atoms with Gasteiger partial charge in [0.15, 0.2) is 0 Å². The van der Waals surface area contributed by atoms with E-state index in [9.17, 15) is 14.0 Å². The molecule has 0 spiro atoms. The van der Waals surface area contributed by atoms with Crippen molar-refractivity contribution in [1.29, 1.82) is 0 Å². The monoisotopic (exact) mass is 296 g/mol. The molecule has 0 saturated carbocycles. The number of carboxylic acids is 1. The average molecular weight is 296 g/mol. The highest BCUT2D eigenvalue weighted by Crippen LogP contribution is 2.07. The molecule has 0 unspecified atom stereocenters. The van der Waals surface area contributed by atoms with Crippen molar-refractivity contribution in [2.75, 3.05) is 33.7 Å². The van der Waals surface area contributed by atoms with E-state index in [1.54, 1.807) is 12.1 Å². The van der Waals surface area contributed by atoms with Gasteiger partial charge in [0.05, 0.1) is 0 Å². The summed E-state index contributed by atoms with van der Waals surface area (Å²) in [5.41, 5.74) is 0.854. The van der Waals surface area contributed by atoms with Crippen molar-refractivity contribution in [3.63, 3.8) is 0 Å². The van der Waals surface area contributed by atoms with Crippen LogP contribution in [0.2, 0.25) is 0 Å². The zero-order valence-electron chi connectivity index (χ0n) is 12.4. The fourth-order valence-corrected chi connectivity index (χ4v) is 1.84. The summed E-state index contributed by atoms with van der Waals surface area (Å²) in [6.07, 6.45) is 0.684. The van der Waals surface area contributed by atoms with Crippen LogP contribution in [-0.2, 0) is 16.0 Å². The fourth-order valence-electron chi connectivity index (χ4n) is 1.84. The van der Waals surface area contributed by atoms with Crippen molar-refractivity contribution in [3.8, 4) is 0 Å². The topological polar surface area (TPSA) is 60.9 Å². The Morgan fingerprint density at radius 3 is 2.29 bits per heavy atom. The van der Waals surface area contributed by atoms with Gasteiger partial charge < -0.3 is 14.9 Å². The third-order valence-corrected chi connectivity index (χ3v) is 3.04. The summed E-state index contributed by atoms with van der Waals surface area (Å²) in [5, 5.41) is 8.86. The van der Waals surface area contributed by atoms with Crippen LogP contribution in [0, 0.1) is 5.82 Å². The lowest BCUT2D eigenvalue weighted by Gasteiger charge is -2.22. The summed E-state index contributed by atoms with van der Waals surface area (Å²) in [4.78, 5) is 26.2. The van der Waals surface area contributed by atoms with Gasteiger partial charge in [-0.3, -0.25) is 9.59 Å². The quantitative estimate of drug-likeness (QED) is 0.784. The summed E-state index contributed by atoms with van der Waals surface area (Å²) in [6, 6.07) is 5.95. The number of amides is 1. The maximum Gasteiger partial charge on any atom is 0.323 e. The van der Waals surface area contributed by atoms with Gasteiger partial charge in [-0.05, 0) is 38.2 Å². The van der Waals surface area contributed by atoms with Crippen LogP contribution in [0.4, 0.5) is 4.39 Å². The normalized spacial score (nSPS) is 10.7. The Kier molecular flexibility index (Phi) is 6.81. The van der Waals surface area contributed by atoms with Gasteiger partial charge in [-0.15, -0.1) is 0 Å². The van der Waals surface area contributed by atoms with Crippen molar-refractivity contribution in [2.24, 2.45) is 0 Å². The highest BCUT2D eigenvalue weighted by atomic mass is 19.1. The first-order valence-electron chi connectivity index (χ1n) is 6.77. The first kappa shape index (κ1) is 17.1. The minimum atomic E-state index is -1.02. The van der Waals surface area contributed by atoms with E-state index in [-0.39, 0.29) is 24.7 Å². The van der Waals surface area contributed by atoms with Gasteiger partial charge in [-0.25, -0.2) is 4.39 Å². The summed E-state index contributed by atoms with van der Waals surface area (Å²) in [5.74, 6) is -1.55. The van der Waals surface area contributed by atoms with Gasteiger partial charge in [0.1, 0.15) is 12.4 Å². The van der Waals surface area contributed by atoms with E-state index in [0.717, 1.165) is 5.56 Å². The van der Waals surface area contributed by atoms with Crippen LogP contribution in [-0.4, -0.2) is 60.5 Å². The van der Waals surface area contributed by atoms with Crippen molar-refractivity contribution in [2.45, 2.75) is 12.8 Å². The molecule has 1 N–H and O–H groups in total. The van der Waals surface area contributed by atoms with Gasteiger partial charge >= 0.3 is 5.97 Å². The van der Waals surface area contributed by atoms with Gasteiger partial charge in [0.25, 0.3) is 0 Å². The van der Waals surface area contributed by atoms with Gasteiger partial charge in [0.2, 0.25) is 5.91 Å². The molecule has 5 nitrogen and oxygen atoms in total. The molecule has 0 atom stereocenters. The molecule has 1 aromatic rings. The number of carbonyl (C=O) groups is 2. The Bertz CT molecular complexity index is 474. The molecular weight excluding hydrogens is 275 g/mol. The second kappa shape index (κ2) is 8.36. The molecule has 0 radical (unpaired) electrons. The first-order valence-corrected chi connectivity index (χ1v) is 6.77. The minimum Gasteiger partial charge on any atom is -0.480 e. The molecule has 0 aliphatic carbocycles. The molecule has 0 bridgehead atoms. The second-order valence-electron chi connectivity index (χ2n) is 5.14. The predicted octanol–water partition coefficient (Wildman–Crippen LogP) is 1.23. The Morgan fingerprint density at radius 1 is 1.14 bits per heavy atom. The molecule has 21 heavy (non-hydrogen) atoms. The third kappa shape index (κ3) is 6.85. The number of benzene rings is 1. The molecule has 0 aliphatic rings. The minimum absolute atomic E-state index is 0.205. The zero-order valence-corrected chi connectivity index (χ0v) is 12.4. The van der Waals surface area contributed by atoms with E-state index in [1.807, 2.05) is 19.0 Å². The Hall–Kier alpha value is -1.95. The van der Waals surface area contributed by atoms with Gasteiger partial charge in [-0.2, -0.15) is 0 Å². The number of hydrogen-bond donors (Lipinski definition) is 1. The lowest BCUT2D eigenvalue weighted by atomic mass is 10.1. The number of hydrogen-bond acceptors (Lipinski definition) is 3. The summed E-state index contributed by atoms with van der Waals surface area (Å²) in [6.45, 7) is 0.688. The molecule has 1 aromatic carbocycles. The van der Waals surface area contributed by atoms with Crippen LogP contribution in [0.1, 0.15) is 12.0 Å². The van der Waals surface area contributed by atoms with E-state index in [1.165, 1.54) is 17.0 Å². The summed E-state index contributed by atoms with van der Waals surface area (Å²) < 4.78 is 12.8. The summed E-state index contributed by atoms with van der Waals surface area (Å²) >= 11 is 0. The molecule has 0 saturated heterocycles. The molecule has 0 aliphatic heterocycles. The maximum atomic E-state index is 12.8. The molecule has 1 rings (SSSR count). The lowest BCUT2D eigenvalue weighted by Crippen LogP contribution is -2.40. The highest BCUT2D eigenvalue weighted by molar-refractivity contribution is 5.81. The molecule has 116 valence electrons. The number of likely N-dealkylation sites (N-methyl/N-ethyl adjacent to an activating group) is 1. The van der Waals surface area contributed by atoms with Crippen molar-refractivity contribution in [3.05, 3.63) is 35.6 Å². The Morgan fingerprint density at radius 2 is 1.76 bits per heavy atom. The molecule has 6 heteroatoms. The lowest BCUT2D eigenvalue weighted by molar-refractivity contribution is -0.144. The molecular formula is C15H21FN2O3. The van der Waals surface area contributed by atoms with E-state index in [4.69, 9.17) is 5.11 Å². The number of carbonyl (C=O) groups excluding carboxylic acids is 1. The molecule has 0 heterocycles. The molecule has 0 fully saturated rings. The molecule has 0 aromatic heterocycles. The largest absolute Gasteiger partial charge is 0.480 e. The van der Waals surface area contributed by atoms with Crippen LogP contribution in [0.15, 0.2) is 24.3 Å². The van der Waals surface area contributed by atoms with E-state index < -0.39 is 5.97 Å². The number of carboxylic acid groups (broad SMARTS) is 1. The number of aliphatic carboxylic acids is 1. The number of rotatable bonds is 8. The number of halogens is 1. The summed E-state index contributed by atoms with van der Waals surface area (Å²) in [7, 11) is 3.73. The van der Waals surface area contributed by atoms with E-state index in [0.29, 0.717) is 19.5 Å². The third-order valence-electron chi connectivity index (χ3n) is 3.04. The van der Waals surface area contributed by atoms with Crippen LogP contribution in [0.5, 0.6) is 0 Å². The Balaban J connectivity index is 2.54. The van der Waals surface area contributed by atoms with Crippen molar-refractivity contribution in [1.82, 2.24) is 9.80 Å². The zero-order chi connectivity index (χ0) is 15.8. The van der Waals surface area contributed by atoms with Crippen LogP contribution in [0.3, 0.4) is 0 Å². The second-order valence-corrected chi connectivity index (χ2v) is 5.14. The fraction of sp³-hybridized carbons (Fsp3) is 0.467. The van der Waals surface area contributed by atoms with Crippen LogP contribution >= 0.6 is 0 Å². The van der Waals surface area contributed by atoms with Crippen molar-refractivity contribution >= 4 is 11.9 Å². The predicted molar refractivity (Wildman–Crippen MR) is 77.5 cm³/mol. The number of aryl methyl sites for hydroxylation is 1. The van der Waals surface area contributed by atoms with Gasteiger partial charge in [-0.1, -0.05) is 12.1 Å². The van der Waals surface area contributed by atoms with E-state index in [2.05, 4.69) is 0 Å². The maximum absolute atomic E-state index is 12.8. The number of nitrogens with zero attached hydrogens (tertiary/aromatic N) is 2. The van der Waals surface area contributed by atoms with E-state index >= 15 is 0 Å². The standard InChI is InChI=1S/C15H21FN2O3/c1-17(2)9-10-18(11-15(20)21)14(19)8-5-12-3-6-13(16)7-4-12/h3-4,6-7H,5,8-11H2,1-2H3,(H,20,21). The Labute approximate surface area is 124 Å².